The second kappa shape index (κ2) is 13.7. The molecule has 0 atom stereocenters. The number of carbonyl (C=O) groups is 1. The van der Waals surface area contributed by atoms with Crippen LogP contribution in [0.25, 0.3) is 0 Å². The molecule has 0 unspecified atom stereocenters. The van der Waals surface area contributed by atoms with E-state index in [0.717, 1.165) is 18.0 Å². The number of benzene rings is 1. The van der Waals surface area contributed by atoms with Gasteiger partial charge in [0.25, 0.3) is 5.91 Å². The number of nitrogens with zero attached hydrogens (tertiary/aromatic N) is 1. The highest BCUT2D eigenvalue weighted by molar-refractivity contribution is 14.0. The van der Waals surface area contributed by atoms with Gasteiger partial charge in [-0.25, -0.2) is 0 Å². The van der Waals surface area contributed by atoms with Crippen molar-refractivity contribution in [2.45, 2.75) is 6.92 Å². The third-order valence-electron chi connectivity index (χ3n) is 3.48. The van der Waals surface area contributed by atoms with Gasteiger partial charge in [-0.05, 0) is 43.3 Å². The minimum atomic E-state index is -0.249. The Morgan fingerprint density at radius 2 is 1.82 bits per heavy atom. The molecule has 0 saturated carbocycles. The van der Waals surface area contributed by atoms with Crippen LogP contribution in [0.5, 0.6) is 11.5 Å². The van der Waals surface area contributed by atoms with Gasteiger partial charge in [0.05, 0.1) is 26.5 Å². The summed E-state index contributed by atoms with van der Waals surface area (Å²) in [5.74, 6) is 2.28. The molecule has 1 aromatic carbocycles. The quantitative estimate of drug-likeness (QED) is 0.200. The fourth-order valence-electron chi connectivity index (χ4n) is 2.18. The number of ether oxygens (including phenoxy) is 2. The van der Waals surface area contributed by atoms with Gasteiger partial charge in [-0.1, -0.05) is 0 Å². The summed E-state index contributed by atoms with van der Waals surface area (Å²) in [5.41, 5.74) is 0. The average Bonchev–Trinajstić information content (AvgIpc) is 3.23. The van der Waals surface area contributed by atoms with Crippen molar-refractivity contribution in [3.63, 3.8) is 0 Å². The molecule has 0 aliphatic rings. The molecule has 0 fully saturated rings. The molecule has 2 rings (SSSR count). The molecule has 1 amide bonds. The van der Waals surface area contributed by atoms with E-state index in [0.29, 0.717) is 38.0 Å². The van der Waals surface area contributed by atoms with Gasteiger partial charge in [0.2, 0.25) is 0 Å². The van der Waals surface area contributed by atoms with Crippen molar-refractivity contribution in [2.75, 3.05) is 39.9 Å². The predicted molar refractivity (Wildman–Crippen MR) is 119 cm³/mol. The number of hydrogen-bond donors (Lipinski definition) is 3. The Kier molecular flexibility index (Phi) is 11.5. The fourth-order valence-corrected chi connectivity index (χ4v) is 2.18. The maximum Gasteiger partial charge on any atom is 0.287 e. The lowest BCUT2D eigenvalue weighted by Gasteiger charge is -2.12. The van der Waals surface area contributed by atoms with Crippen molar-refractivity contribution in [1.82, 2.24) is 16.0 Å². The minimum absolute atomic E-state index is 0. The van der Waals surface area contributed by atoms with E-state index in [1.165, 1.54) is 6.26 Å². The summed E-state index contributed by atoms with van der Waals surface area (Å²) < 4.78 is 15.8. The highest BCUT2D eigenvalue weighted by Crippen LogP contribution is 2.16. The summed E-state index contributed by atoms with van der Waals surface area (Å²) in [4.78, 5) is 16.2. The van der Waals surface area contributed by atoms with E-state index in [4.69, 9.17) is 13.9 Å². The highest BCUT2D eigenvalue weighted by atomic mass is 127. The molecule has 0 spiro atoms. The molecule has 1 heterocycles. The van der Waals surface area contributed by atoms with Crippen LogP contribution in [-0.2, 0) is 0 Å². The molecule has 0 aliphatic heterocycles. The molecular formula is C19H27IN4O4. The Bertz CT molecular complexity index is 705. The Labute approximate surface area is 182 Å². The standard InChI is InChI=1S/C19H26N4O4.HI/c1-3-20-19(22-11-10-21-18(24)17-5-4-13-27-17)23-12-14-26-16-8-6-15(25-2)7-9-16;/h4-9,13H,3,10-12,14H2,1-2H3,(H,21,24)(H2,20,22,23);1H. The van der Waals surface area contributed by atoms with Crippen LogP contribution < -0.4 is 25.4 Å². The van der Waals surface area contributed by atoms with E-state index in [2.05, 4.69) is 20.9 Å². The van der Waals surface area contributed by atoms with Crippen molar-refractivity contribution in [3.8, 4) is 11.5 Å². The summed E-state index contributed by atoms with van der Waals surface area (Å²) in [7, 11) is 1.63. The summed E-state index contributed by atoms with van der Waals surface area (Å²) in [6.45, 7) is 4.68. The fraction of sp³-hybridized carbons (Fsp3) is 0.368. The number of amides is 1. The van der Waals surface area contributed by atoms with Crippen LogP contribution in [-0.4, -0.2) is 51.8 Å². The number of aliphatic imine (C=N–C) groups is 1. The second-order valence-electron chi connectivity index (χ2n) is 5.44. The number of furan rings is 1. The van der Waals surface area contributed by atoms with Gasteiger partial charge in [-0.3, -0.25) is 9.79 Å². The normalized spacial score (nSPS) is 10.6. The van der Waals surface area contributed by atoms with E-state index in [1.54, 1.807) is 19.2 Å². The smallest absolute Gasteiger partial charge is 0.287 e. The number of guanidine groups is 1. The number of methoxy groups -OCH3 is 1. The Morgan fingerprint density at radius 3 is 2.46 bits per heavy atom. The van der Waals surface area contributed by atoms with Gasteiger partial charge < -0.3 is 29.8 Å². The summed E-state index contributed by atoms with van der Waals surface area (Å²) in [6.07, 6.45) is 1.47. The van der Waals surface area contributed by atoms with Crippen molar-refractivity contribution < 1.29 is 18.7 Å². The first-order chi connectivity index (χ1) is 13.2. The van der Waals surface area contributed by atoms with Gasteiger partial charge in [-0.2, -0.15) is 0 Å². The van der Waals surface area contributed by atoms with Crippen molar-refractivity contribution in [1.29, 1.82) is 0 Å². The monoisotopic (exact) mass is 502 g/mol. The Morgan fingerprint density at radius 1 is 1.07 bits per heavy atom. The third kappa shape index (κ3) is 8.51. The van der Waals surface area contributed by atoms with E-state index >= 15 is 0 Å². The molecule has 0 aliphatic carbocycles. The molecule has 2 aromatic rings. The van der Waals surface area contributed by atoms with Crippen molar-refractivity contribution in [2.24, 2.45) is 4.99 Å². The zero-order valence-electron chi connectivity index (χ0n) is 16.1. The third-order valence-corrected chi connectivity index (χ3v) is 3.48. The zero-order chi connectivity index (χ0) is 19.3. The van der Waals surface area contributed by atoms with Crippen LogP contribution in [0.1, 0.15) is 17.5 Å². The van der Waals surface area contributed by atoms with Crippen LogP contribution in [0.4, 0.5) is 0 Å². The summed E-state index contributed by atoms with van der Waals surface area (Å²) in [5, 5.41) is 9.09. The van der Waals surface area contributed by atoms with Crippen LogP contribution in [0.3, 0.4) is 0 Å². The van der Waals surface area contributed by atoms with Crippen LogP contribution >= 0.6 is 24.0 Å². The van der Waals surface area contributed by atoms with Crippen molar-refractivity contribution in [3.05, 3.63) is 48.4 Å². The minimum Gasteiger partial charge on any atom is -0.497 e. The molecule has 0 bridgehead atoms. The number of hydrogen-bond acceptors (Lipinski definition) is 5. The first-order valence-corrected chi connectivity index (χ1v) is 8.83. The lowest BCUT2D eigenvalue weighted by atomic mass is 10.3. The zero-order valence-corrected chi connectivity index (χ0v) is 18.4. The lowest BCUT2D eigenvalue weighted by Crippen LogP contribution is -2.40. The van der Waals surface area contributed by atoms with E-state index in [-0.39, 0.29) is 29.9 Å². The van der Waals surface area contributed by atoms with Crippen LogP contribution in [0, 0.1) is 0 Å². The largest absolute Gasteiger partial charge is 0.497 e. The number of carbonyl (C=O) groups excluding carboxylic acids is 1. The average molecular weight is 502 g/mol. The molecule has 28 heavy (non-hydrogen) atoms. The molecule has 0 saturated heterocycles. The van der Waals surface area contributed by atoms with Gasteiger partial charge >= 0.3 is 0 Å². The molecule has 1 aromatic heterocycles. The Balaban J connectivity index is 0.00000392. The van der Waals surface area contributed by atoms with E-state index in [9.17, 15) is 4.79 Å². The lowest BCUT2D eigenvalue weighted by molar-refractivity contribution is 0.0927. The number of halogens is 1. The molecule has 0 radical (unpaired) electrons. The molecular weight excluding hydrogens is 475 g/mol. The molecule has 9 heteroatoms. The maximum absolute atomic E-state index is 11.8. The first kappa shape index (κ1) is 23.6. The van der Waals surface area contributed by atoms with E-state index in [1.807, 2.05) is 31.2 Å². The Hall–Kier alpha value is -2.43. The molecule has 8 nitrogen and oxygen atoms in total. The summed E-state index contributed by atoms with van der Waals surface area (Å²) >= 11 is 0. The predicted octanol–water partition coefficient (Wildman–Crippen LogP) is 2.27. The number of rotatable bonds is 10. The van der Waals surface area contributed by atoms with Gasteiger partial charge in [-0.15, -0.1) is 24.0 Å². The van der Waals surface area contributed by atoms with Gasteiger partial charge in [0.15, 0.2) is 11.7 Å². The topological polar surface area (TPSA) is 97.1 Å². The SMILES string of the molecule is CCNC(=NCCNC(=O)c1ccco1)NCCOc1ccc(OC)cc1.I. The highest BCUT2D eigenvalue weighted by Gasteiger charge is 2.06. The van der Waals surface area contributed by atoms with Crippen LogP contribution in [0.2, 0.25) is 0 Å². The summed E-state index contributed by atoms with van der Waals surface area (Å²) in [6, 6.07) is 10.7. The maximum atomic E-state index is 11.8. The second-order valence-corrected chi connectivity index (χ2v) is 5.44. The van der Waals surface area contributed by atoms with E-state index < -0.39 is 0 Å². The van der Waals surface area contributed by atoms with Gasteiger partial charge in [0.1, 0.15) is 18.1 Å². The number of nitrogens with one attached hydrogen (secondary N) is 3. The molecule has 154 valence electrons. The molecule has 3 N–H and O–H groups in total. The van der Waals surface area contributed by atoms with Crippen LogP contribution in [0.15, 0.2) is 52.1 Å². The first-order valence-electron chi connectivity index (χ1n) is 8.83. The van der Waals surface area contributed by atoms with Gasteiger partial charge in [0, 0.05) is 13.1 Å². The van der Waals surface area contributed by atoms with Crippen molar-refractivity contribution >= 4 is 35.8 Å².